The van der Waals surface area contributed by atoms with Crippen LogP contribution < -0.4 is 5.32 Å². The summed E-state index contributed by atoms with van der Waals surface area (Å²) in [4.78, 5) is 11.5. The van der Waals surface area contributed by atoms with E-state index in [9.17, 15) is 9.90 Å². The van der Waals surface area contributed by atoms with E-state index in [1.165, 1.54) is 0 Å². The maximum atomic E-state index is 11.5. The van der Waals surface area contributed by atoms with E-state index in [1.807, 2.05) is 12.1 Å². The summed E-state index contributed by atoms with van der Waals surface area (Å²) in [6, 6.07) is 5.48. The lowest BCUT2D eigenvalue weighted by atomic mass is 9.81. The first-order valence-corrected chi connectivity index (χ1v) is 6.67. The van der Waals surface area contributed by atoms with Crippen molar-refractivity contribution in [2.75, 3.05) is 13.1 Å². The van der Waals surface area contributed by atoms with Gasteiger partial charge in [-0.05, 0) is 37.1 Å². The molecule has 2 atom stereocenters. The highest BCUT2D eigenvalue weighted by Gasteiger charge is 2.73. The van der Waals surface area contributed by atoms with E-state index < -0.39 is 11.4 Å². The van der Waals surface area contributed by atoms with Crippen LogP contribution in [-0.2, 0) is 10.2 Å². The Morgan fingerprint density at radius 2 is 2.05 bits per heavy atom. The largest absolute Gasteiger partial charge is 0.481 e. The molecule has 19 heavy (non-hydrogen) atoms. The van der Waals surface area contributed by atoms with Gasteiger partial charge in [0, 0.05) is 12.0 Å². The number of rotatable bonds is 2. The van der Waals surface area contributed by atoms with Crippen LogP contribution in [0.2, 0.25) is 10.0 Å². The average Bonchev–Trinajstić information content (AvgIpc) is 3.04. The van der Waals surface area contributed by atoms with Crippen molar-refractivity contribution < 1.29 is 9.90 Å². The molecule has 0 amide bonds. The average molecular weight is 323 g/mol. The summed E-state index contributed by atoms with van der Waals surface area (Å²) >= 11 is 12.0. The number of benzene rings is 1. The van der Waals surface area contributed by atoms with Gasteiger partial charge in [0.25, 0.3) is 0 Å². The maximum absolute atomic E-state index is 11.5. The van der Waals surface area contributed by atoms with Crippen LogP contribution in [0.15, 0.2) is 18.2 Å². The van der Waals surface area contributed by atoms with Crippen molar-refractivity contribution in [1.29, 1.82) is 0 Å². The second kappa shape index (κ2) is 4.81. The first kappa shape index (κ1) is 14.9. The molecule has 3 rings (SSSR count). The second-order valence-electron chi connectivity index (χ2n) is 5.20. The summed E-state index contributed by atoms with van der Waals surface area (Å²) in [6.45, 7) is 1.37. The minimum absolute atomic E-state index is 0. The summed E-state index contributed by atoms with van der Waals surface area (Å²) < 4.78 is 0. The molecule has 0 radical (unpaired) electrons. The Kier molecular flexibility index (Phi) is 3.78. The Hall–Kier alpha value is -0.480. The van der Waals surface area contributed by atoms with Gasteiger partial charge in [-0.2, -0.15) is 0 Å². The fraction of sp³-hybridized carbons (Fsp3) is 0.462. The Bertz CT molecular complexity index is 537. The Morgan fingerprint density at radius 3 is 2.68 bits per heavy atom. The molecule has 104 valence electrons. The van der Waals surface area contributed by atoms with Crippen LogP contribution in [0.4, 0.5) is 0 Å². The van der Waals surface area contributed by atoms with Gasteiger partial charge >= 0.3 is 5.97 Å². The molecule has 1 heterocycles. The zero-order chi connectivity index (χ0) is 13.0. The highest BCUT2D eigenvalue weighted by Crippen LogP contribution is 2.68. The maximum Gasteiger partial charge on any atom is 0.311 e. The van der Waals surface area contributed by atoms with Gasteiger partial charge in [0.05, 0.1) is 15.5 Å². The molecule has 1 aromatic rings. The zero-order valence-corrected chi connectivity index (χ0v) is 12.4. The first-order valence-electron chi connectivity index (χ1n) is 5.92. The van der Waals surface area contributed by atoms with Crippen LogP contribution in [0, 0.1) is 5.41 Å². The lowest BCUT2D eigenvalue weighted by Gasteiger charge is -2.29. The minimum Gasteiger partial charge on any atom is -0.481 e. The van der Waals surface area contributed by atoms with Crippen LogP contribution >= 0.6 is 35.6 Å². The lowest BCUT2D eigenvalue weighted by Crippen LogP contribution is -2.42. The summed E-state index contributed by atoms with van der Waals surface area (Å²) in [7, 11) is 0. The lowest BCUT2D eigenvalue weighted by molar-refractivity contribution is -0.144. The molecule has 2 N–H and O–H groups in total. The van der Waals surface area contributed by atoms with Crippen molar-refractivity contribution >= 4 is 41.6 Å². The molecule has 6 heteroatoms. The predicted octanol–water partition coefficient (Wildman–Crippen LogP) is 3.12. The van der Waals surface area contributed by atoms with Gasteiger partial charge in [-0.3, -0.25) is 4.79 Å². The molecule has 1 aromatic carbocycles. The van der Waals surface area contributed by atoms with E-state index in [4.69, 9.17) is 23.2 Å². The van der Waals surface area contributed by atoms with E-state index >= 15 is 0 Å². The van der Waals surface area contributed by atoms with Crippen LogP contribution in [0.3, 0.4) is 0 Å². The van der Waals surface area contributed by atoms with E-state index in [2.05, 4.69) is 5.32 Å². The molecule has 1 saturated carbocycles. The van der Waals surface area contributed by atoms with Gasteiger partial charge in [-0.25, -0.2) is 0 Å². The summed E-state index contributed by atoms with van der Waals surface area (Å²) in [6.07, 6.45) is 1.51. The number of carbonyl (C=O) groups is 1. The third kappa shape index (κ3) is 1.95. The number of hydrogen-bond acceptors (Lipinski definition) is 2. The molecular weight excluding hydrogens is 309 g/mol. The van der Waals surface area contributed by atoms with Crippen LogP contribution in [0.1, 0.15) is 18.4 Å². The van der Waals surface area contributed by atoms with Gasteiger partial charge in [0.1, 0.15) is 0 Å². The second-order valence-corrected chi connectivity index (χ2v) is 6.02. The van der Waals surface area contributed by atoms with E-state index in [-0.39, 0.29) is 17.8 Å². The summed E-state index contributed by atoms with van der Waals surface area (Å²) in [5, 5.41) is 13.7. The predicted molar refractivity (Wildman–Crippen MR) is 77.6 cm³/mol. The Labute approximate surface area is 127 Å². The first-order chi connectivity index (χ1) is 8.52. The number of halogens is 3. The summed E-state index contributed by atoms with van der Waals surface area (Å²) in [5.74, 6) is -0.722. The minimum atomic E-state index is -0.722. The molecule has 0 spiro atoms. The molecular formula is C13H14Cl3NO2. The van der Waals surface area contributed by atoms with Gasteiger partial charge < -0.3 is 10.4 Å². The summed E-state index contributed by atoms with van der Waals surface area (Å²) in [5.41, 5.74) is 0.0709. The van der Waals surface area contributed by atoms with Crippen LogP contribution in [-0.4, -0.2) is 24.2 Å². The molecule has 2 fully saturated rings. The highest BCUT2D eigenvalue weighted by atomic mass is 35.5. The van der Waals surface area contributed by atoms with Gasteiger partial charge in [0.15, 0.2) is 0 Å². The van der Waals surface area contributed by atoms with Crippen molar-refractivity contribution in [3.63, 3.8) is 0 Å². The van der Waals surface area contributed by atoms with E-state index in [0.29, 0.717) is 23.0 Å². The number of hydrogen-bond donors (Lipinski definition) is 2. The molecule has 2 unspecified atom stereocenters. The Morgan fingerprint density at radius 1 is 1.32 bits per heavy atom. The monoisotopic (exact) mass is 321 g/mol. The van der Waals surface area contributed by atoms with Crippen molar-refractivity contribution in [3.8, 4) is 0 Å². The van der Waals surface area contributed by atoms with Gasteiger partial charge in [0.2, 0.25) is 0 Å². The van der Waals surface area contributed by atoms with E-state index in [1.54, 1.807) is 6.07 Å². The van der Waals surface area contributed by atoms with Gasteiger partial charge in [-0.1, -0.05) is 29.3 Å². The van der Waals surface area contributed by atoms with Crippen LogP contribution in [0.5, 0.6) is 0 Å². The molecule has 1 saturated heterocycles. The standard InChI is InChI=1S/C13H13Cl2NO2.ClH/c14-9-2-1-8(5-10(9)15)12-3-4-16-7-13(12,6-12)11(17)18;/h1-2,5,16H,3-4,6-7H2,(H,17,18);1H. The molecule has 2 aliphatic rings. The molecule has 3 nitrogen and oxygen atoms in total. The van der Waals surface area contributed by atoms with Crippen molar-refractivity contribution in [2.24, 2.45) is 5.41 Å². The molecule has 1 aliphatic heterocycles. The van der Waals surface area contributed by atoms with Crippen molar-refractivity contribution in [1.82, 2.24) is 5.32 Å². The van der Waals surface area contributed by atoms with Gasteiger partial charge in [-0.15, -0.1) is 12.4 Å². The molecule has 0 bridgehead atoms. The normalized spacial score (nSPS) is 32.1. The number of aliphatic carboxylic acids is 1. The topological polar surface area (TPSA) is 49.3 Å². The van der Waals surface area contributed by atoms with Crippen molar-refractivity contribution in [2.45, 2.75) is 18.3 Å². The third-order valence-corrected chi connectivity index (χ3v) is 5.17. The Balaban J connectivity index is 0.00000133. The number of fused-ring (bicyclic) bond motifs is 1. The highest BCUT2D eigenvalue weighted by molar-refractivity contribution is 6.42. The third-order valence-electron chi connectivity index (χ3n) is 4.43. The molecule has 1 aliphatic carbocycles. The number of piperidine rings is 1. The number of carboxylic acids is 1. The number of nitrogens with one attached hydrogen (secondary N) is 1. The fourth-order valence-corrected chi connectivity index (χ4v) is 3.60. The fourth-order valence-electron chi connectivity index (χ4n) is 3.31. The zero-order valence-electron chi connectivity index (χ0n) is 10.1. The van der Waals surface area contributed by atoms with E-state index in [0.717, 1.165) is 18.5 Å². The smallest absolute Gasteiger partial charge is 0.311 e. The van der Waals surface area contributed by atoms with Crippen LogP contribution in [0.25, 0.3) is 0 Å². The van der Waals surface area contributed by atoms with Crippen molar-refractivity contribution in [3.05, 3.63) is 33.8 Å². The molecule has 0 aromatic heterocycles. The SMILES string of the molecule is Cl.O=C(O)C12CNCCC1(c1ccc(Cl)c(Cl)c1)C2. The quantitative estimate of drug-likeness (QED) is 0.879. The number of carboxylic acid groups (broad SMARTS) is 1.